The quantitative estimate of drug-likeness (QED) is 0.702. The van der Waals surface area contributed by atoms with Crippen molar-refractivity contribution in [1.82, 2.24) is 9.88 Å². The van der Waals surface area contributed by atoms with Gasteiger partial charge in [0.15, 0.2) is 0 Å². The van der Waals surface area contributed by atoms with Crippen LogP contribution in [0.25, 0.3) is 0 Å². The summed E-state index contributed by atoms with van der Waals surface area (Å²) in [6.45, 7) is 4.94. The van der Waals surface area contributed by atoms with Gasteiger partial charge in [-0.05, 0) is 55.1 Å². The highest BCUT2D eigenvalue weighted by Crippen LogP contribution is 2.50. The van der Waals surface area contributed by atoms with Gasteiger partial charge in [0.05, 0.1) is 0 Å². The van der Waals surface area contributed by atoms with Crippen molar-refractivity contribution < 1.29 is 4.79 Å². The summed E-state index contributed by atoms with van der Waals surface area (Å²) in [5, 5.41) is 3.18. The van der Waals surface area contributed by atoms with Crippen LogP contribution in [0.5, 0.6) is 0 Å². The van der Waals surface area contributed by atoms with Crippen molar-refractivity contribution in [3.63, 3.8) is 0 Å². The number of aromatic nitrogens is 1. The third-order valence-electron chi connectivity index (χ3n) is 6.70. The van der Waals surface area contributed by atoms with Crippen molar-refractivity contribution in [2.75, 3.05) is 25.0 Å². The Hall–Kier alpha value is -2.98. The molecule has 152 valence electrons. The van der Waals surface area contributed by atoms with E-state index in [1.54, 1.807) is 0 Å². The van der Waals surface area contributed by atoms with Crippen molar-refractivity contribution in [2.24, 2.45) is 5.92 Å². The van der Waals surface area contributed by atoms with Gasteiger partial charge in [-0.2, -0.15) is 0 Å². The van der Waals surface area contributed by atoms with Crippen LogP contribution in [0.1, 0.15) is 28.9 Å². The van der Waals surface area contributed by atoms with E-state index in [-0.39, 0.29) is 11.8 Å². The standard InChI is InChI=1S/C26H27N3O/c1-19-8-7-11-22(27-19)15-17-29-16-14-21(18-29)26(20-9-3-2-4-10-20)23-12-5-6-13-24(23)28-25(26)30/h2-13,21H,14-18H2,1H3,(H,28,30)/t21-,26?/m1/s1. The summed E-state index contributed by atoms with van der Waals surface area (Å²) in [6, 6.07) is 24.7. The zero-order valence-corrected chi connectivity index (χ0v) is 17.3. The SMILES string of the molecule is Cc1cccc(CCN2CC[C@@H](C3(c4ccccc4)C(=O)Nc4ccccc43)C2)n1. The number of amides is 1. The van der Waals surface area contributed by atoms with Crippen LogP contribution >= 0.6 is 0 Å². The molecule has 0 bridgehead atoms. The average molecular weight is 398 g/mol. The third kappa shape index (κ3) is 3.12. The monoisotopic (exact) mass is 397 g/mol. The summed E-state index contributed by atoms with van der Waals surface area (Å²) in [7, 11) is 0. The Morgan fingerprint density at radius 2 is 1.83 bits per heavy atom. The summed E-state index contributed by atoms with van der Waals surface area (Å²) in [4.78, 5) is 20.7. The number of carbonyl (C=O) groups excluding carboxylic acids is 1. The minimum atomic E-state index is -0.617. The van der Waals surface area contributed by atoms with E-state index < -0.39 is 5.41 Å². The van der Waals surface area contributed by atoms with E-state index in [1.165, 1.54) is 0 Å². The number of anilines is 1. The van der Waals surface area contributed by atoms with Gasteiger partial charge in [-0.3, -0.25) is 9.78 Å². The number of nitrogens with one attached hydrogen (secondary N) is 1. The average Bonchev–Trinajstić information content (AvgIpc) is 3.35. The molecule has 0 saturated carbocycles. The van der Waals surface area contributed by atoms with E-state index in [1.807, 2.05) is 49.4 Å². The smallest absolute Gasteiger partial charge is 0.239 e. The van der Waals surface area contributed by atoms with E-state index in [4.69, 9.17) is 0 Å². The highest BCUT2D eigenvalue weighted by molar-refractivity contribution is 6.09. The predicted molar refractivity (Wildman–Crippen MR) is 120 cm³/mol. The maximum absolute atomic E-state index is 13.5. The number of aryl methyl sites for hydroxylation is 1. The predicted octanol–water partition coefficient (Wildman–Crippen LogP) is 4.19. The van der Waals surface area contributed by atoms with E-state index in [2.05, 4.69) is 45.5 Å². The lowest BCUT2D eigenvalue weighted by Gasteiger charge is -2.34. The Morgan fingerprint density at radius 1 is 1.03 bits per heavy atom. The molecule has 1 N–H and O–H groups in total. The lowest BCUT2D eigenvalue weighted by molar-refractivity contribution is -0.121. The van der Waals surface area contributed by atoms with Gasteiger partial charge in [-0.15, -0.1) is 0 Å². The normalized spacial score (nSPS) is 23.4. The van der Waals surface area contributed by atoms with E-state index in [9.17, 15) is 4.79 Å². The molecule has 1 fully saturated rings. The van der Waals surface area contributed by atoms with Gasteiger partial charge in [-0.1, -0.05) is 54.6 Å². The minimum absolute atomic E-state index is 0.113. The summed E-state index contributed by atoms with van der Waals surface area (Å²) < 4.78 is 0. The van der Waals surface area contributed by atoms with Crippen LogP contribution in [-0.2, 0) is 16.6 Å². The van der Waals surface area contributed by atoms with Gasteiger partial charge >= 0.3 is 0 Å². The van der Waals surface area contributed by atoms with Crippen molar-refractivity contribution in [3.05, 3.63) is 95.3 Å². The van der Waals surface area contributed by atoms with Gasteiger partial charge < -0.3 is 10.2 Å². The van der Waals surface area contributed by atoms with Crippen molar-refractivity contribution in [3.8, 4) is 0 Å². The maximum Gasteiger partial charge on any atom is 0.239 e. The van der Waals surface area contributed by atoms with Crippen LogP contribution in [0.4, 0.5) is 5.69 Å². The molecule has 1 unspecified atom stereocenters. The van der Waals surface area contributed by atoms with Gasteiger partial charge in [-0.25, -0.2) is 0 Å². The van der Waals surface area contributed by atoms with Gasteiger partial charge in [0.1, 0.15) is 5.41 Å². The fourth-order valence-corrected chi connectivity index (χ4v) is 5.31. The zero-order valence-electron chi connectivity index (χ0n) is 17.3. The second-order valence-corrected chi connectivity index (χ2v) is 8.48. The van der Waals surface area contributed by atoms with Crippen molar-refractivity contribution in [2.45, 2.75) is 25.2 Å². The fourth-order valence-electron chi connectivity index (χ4n) is 5.31. The first-order valence-electron chi connectivity index (χ1n) is 10.8. The lowest BCUT2D eigenvalue weighted by Crippen LogP contribution is -2.44. The molecule has 0 radical (unpaired) electrons. The summed E-state index contributed by atoms with van der Waals surface area (Å²) in [5.74, 6) is 0.358. The van der Waals surface area contributed by atoms with Crippen LogP contribution < -0.4 is 5.32 Å². The van der Waals surface area contributed by atoms with Gasteiger partial charge in [0.2, 0.25) is 5.91 Å². The number of para-hydroxylation sites is 1. The van der Waals surface area contributed by atoms with Crippen LogP contribution in [0.15, 0.2) is 72.8 Å². The Bertz CT molecular complexity index is 1060. The number of hydrogen-bond acceptors (Lipinski definition) is 3. The van der Waals surface area contributed by atoms with Crippen LogP contribution in [0, 0.1) is 12.8 Å². The fraction of sp³-hybridized carbons (Fsp3) is 0.308. The number of rotatable bonds is 5. The van der Waals surface area contributed by atoms with E-state index in [0.717, 1.165) is 60.7 Å². The molecule has 2 atom stereocenters. The Kier molecular flexibility index (Phi) is 4.87. The Labute approximate surface area is 178 Å². The first-order chi connectivity index (χ1) is 14.7. The molecular weight excluding hydrogens is 370 g/mol. The zero-order chi connectivity index (χ0) is 20.6. The molecule has 30 heavy (non-hydrogen) atoms. The number of benzene rings is 2. The van der Waals surface area contributed by atoms with Crippen LogP contribution in [-0.4, -0.2) is 35.4 Å². The topological polar surface area (TPSA) is 45.2 Å². The number of fused-ring (bicyclic) bond motifs is 1. The molecule has 2 aliphatic rings. The number of pyridine rings is 1. The summed E-state index contributed by atoms with van der Waals surface area (Å²) in [6.07, 6.45) is 1.95. The molecule has 0 spiro atoms. The molecule has 1 saturated heterocycles. The highest BCUT2D eigenvalue weighted by atomic mass is 16.2. The molecular formula is C26H27N3O. The Morgan fingerprint density at radius 3 is 2.67 bits per heavy atom. The highest BCUT2D eigenvalue weighted by Gasteiger charge is 2.54. The first kappa shape index (κ1) is 19.0. The molecule has 1 amide bonds. The molecule has 3 heterocycles. The summed E-state index contributed by atoms with van der Waals surface area (Å²) in [5.41, 5.74) is 4.75. The first-order valence-corrected chi connectivity index (χ1v) is 10.8. The molecule has 3 aromatic rings. The van der Waals surface area contributed by atoms with Crippen LogP contribution in [0.2, 0.25) is 0 Å². The third-order valence-corrected chi connectivity index (χ3v) is 6.70. The number of nitrogens with zero attached hydrogens (tertiary/aromatic N) is 2. The maximum atomic E-state index is 13.5. The molecule has 4 nitrogen and oxygen atoms in total. The minimum Gasteiger partial charge on any atom is -0.325 e. The Balaban J connectivity index is 1.44. The van der Waals surface area contributed by atoms with E-state index >= 15 is 0 Å². The molecule has 1 aromatic heterocycles. The molecule has 5 rings (SSSR count). The summed E-state index contributed by atoms with van der Waals surface area (Å²) >= 11 is 0. The molecule has 2 aromatic carbocycles. The van der Waals surface area contributed by atoms with Crippen molar-refractivity contribution >= 4 is 11.6 Å². The number of hydrogen-bond donors (Lipinski definition) is 1. The largest absolute Gasteiger partial charge is 0.325 e. The molecule has 0 aliphatic carbocycles. The second-order valence-electron chi connectivity index (χ2n) is 8.48. The second kappa shape index (κ2) is 7.69. The number of likely N-dealkylation sites (tertiary alicyclic amines) is 1. The molecule has 2 aliphatic heterocycles. The van der Waals surface area contributed by atoms with E-state index in [0.29, 0.717) is 0 Å². The van der Waals surface area contributed by atoms with Crippen LogP contribution in [0.3, 0.4) is 0 Å². The number of carbonyl (C=O) groups is 1. The van der Waals surface area contributed by atoms with Gasteiger partial charge in [0, 0.05) is 36.6 Å². The van der Waals surface area contributed by atoms with Gasteiger partial charge in [0.25, 0.3) is 0 Å². The molecule has 4 heteroatoms. The lowest BCUT2D eigenvalue weighted by atomic mass is 9.66. The van der Waals surface area contributed by atoms with Crippen molar-refractivity contribution in [1.29, 1.82) is 0 Å².